The van der Waals surface area contributed by atoms with Gasteiger partial charge in [-0.25, -0.2) is 0 Å². The summed E-state index contributed by atoms with van der Waals surface area (Å²) in [6.07, 6.45) is 3.40. The number of hydrogen-bond donors (Lipinski definition) is 2. The molecule has 0 bridgehead atoms. The molecule has 1 aromatic carbocycles. The van der Waals surface area contributed by atoms with E-state index in [0.29, 0.717) is 29.5 Å². The first-order valence-corrected chi connectivity index (χ1v) is 5.91. The van der Waals surface area contributed by atoms with Gasteiger partial charge in [0, 0.05) is 17.2 Å². The van der Waals surface area contributed by atoms with E-state index in [1.54, 1.807) is 19.9 Å². The van der Waals surface area contributed by atoms with Crippen molar-refractivity contribution < 1.29 is 14.8 Å². The number of rotatable bonds is 5. The highest BCUT2D eigenvalue weighted by Crippen LogP contribution is 2.37. The Morgan fingerprint density at radius 1 is 1.47 bits per heavy atom. The first kappa shape index (κ1) is 14.7. The van der Waals surface area contributed by atoms with Crippen LogP contribution in [0.25, 0.3) is 6.08 Å². The van der Waals surface area contributed by atoms with Crippen LogP contribution in [0.4, 0.5) is 5.69 Å². The third-order valence-corrected chi connectivity index (χ3v) is 2.84. The molecule has 0 radical (unpaired) electrons. The number of nitro benzene ring substituents is 1. The molecule has 0 heterocycles. The van der Waals surface area contributed by atoms with Crippen molar-refractivity contribution in [2.75, 3.05) is 0 Å². The third kappa shape index (κ3) is 3.09. The van der Waals surface area contributed by atoms with E-state index in [1.165, 1.54) is 6.08 Å². The number of carbonyl (C=O) groups excluding carboxylic acids is 1. The van der Waals surface area contributed by atoms with E-state index in [1.807, 2.05) is 0 Å². The quantitative estimate of drug-likeness (QED) is 0.481. The first-order valence-electron chi connectivity index (χ1n) is 5.91. The summed E-state index contributed by atoms with van der Waals surface area (Å²) in [6.45, 7) is 3.53. The summed E-state index contributed by atoms with van der Waals surface area (Å²) in [5, 5.41) is 21.0. The second-order valence-electron chi connectivity index (χ2n) is 4.00. The molecule has 1 amide bonds. The van der Waals surface area contributed by atoms with Crippen molar-refractivity contribution in [3.63, 3.8) is 0 Å². The van der Waals surface area contributed by atoms with Crippen molar-refractivity contribution in [1.29, 1.82) is 0 Å². The fraction of sp³-hybridized carbons (Fsp3) is 0.308. The molecule has 0 aromatic heterocycles. The van der Waals surface area contributed by atoms with Crippen LogP contribution in [0.15, 0.2) is 12.1 Å². The van der Waals surface area contributed by atoms with Crippen LogP contribution in [0.2, 0.25) is 0 Å². The number of nitrogens with two attached hydrogens (primary N) is 1. The minimum absolute atomic E-state index is 0.300. The summed E-state index contributed by atoms with van der Waals surface area (Å²) in [6, 6.07) is 1.64. The largest absolute Gasteiger partial charge is 0.502 e. The van der Waals surface area contributed by atoms with Crippen molar-refractivity contribution in [3.05, 3.63) is 38.9 Å². The van der Waals surface area contributed by atoms with Crippen LogP contribution < -0.4 is 5.73 Å². The van der Waals surface area contributed by atoms with Crippen LogP contribution in [0.5, 0.6) is 5.75 Å². The molecular weight excluding hydrogens is 248 g/mol. The highest BCUT2D eigenvalue weighted by molar-refractivity contribution is 5.90. The summed E-state index contributed by atoms with van der Waals surface area (Å²) in [4.78, 5) is 21.3. The van der Waals surface area contributed by atoms with E-state index < -0.39 is 10.8 Å². The number of aryl methyl sites for hydroxylation is 1. The van der Waals surface area contributed by atoms with E-state index in [-0.39, 0.29) is 11.4 Å². The van der Waals surface area contributed by atoms with Crippen LogP contribution in [0.1, 0.15) is 30.5 Å². The SMILES string of the molecule is CCc1cc(C=CC(N)=O)c(CC)c([N+](=O)[O-])c1O. The molecule has 0 fully saturated rings. The summed E-state index contributed by atoms with van der Waals surface area (Å²) in [5.41, 5.74) is 6.10. The van der Waals surface area contributed by atoms with Crippen LogP contribution in [0.3, 0.4) is 0 Å². The highest BCUT2D eigenvalue weighted by Gasteiger charge is 2.24. The fourth-order valence-electron chi connectivity index (χ4n) is 1.93. The zero-order chi connectivity index (χ0) is 14.6. The average molecular weight is 264 g/mol. The van der Waals surface area contributed by atoms with E-state index in [4.69, 9.17) is 5.73 Å². The Morgan fingerprint density at radius 2 is 2.11 bits per heavy atom. The van der Waals surface area contributed by atoms with Crippen LogP contribution in [-0.2, 0) is 17.6 Å². The van der Waals surface area contributed by atoms with Crippen molar-refractivity contribution in [3.8, 4) is 5.75 Å². The molecule has 0 aliphatic rings. The standard InChI is InChI=1S/C13H16N2O4/c1-3-8-7-9(5-6-11(14)16)10(4-2)12(13(8)17)15(18)19/h5-7,17H,3-4H2,1-2H3,(H2,14,16). The van der Waals surface area contributed by atoms with Crippen molar-refractivity contribution in [2.24, 2.45) is 5.73 Å². The minimum Gasteiger partial charge on any atom is -0.502 e. The Bertz CT molecular complexity index is 550. The summed E-state index contributed by atoms with van der Waals surface area (Å²) >= 11 is 0. The van der Waals surface area contributed by atoms with Gasteiger partial charge in [0.15, 0.2) is 5.75 Å². The van der Waals surface area contributed by atoms with Gasteiger partial charge in [-0.3, -0.25) is 14.9 Å². The van der Waals surface area contributed by atoms with Crippen molar-refractivity contribution in [1.82, 2.24) is 0 Å². The molecule has 1 rings (SSSR count). The average Bonchev–Trinajstić information content (AvgIpc) is 2.35. The molecule has 0 saturated carbocycles. The lowest BCUT2D eigenvalue weighted by Gasteiger charge is -2.10. The monoisotopic (exact) mass is 264 g/mol. The van der Waals surface area contributed by atoms with Gasteiger partial charge in [0.1, 0.15) is 0 Å². The van der Waals surface area contributed by atoms with Crippen LogP contribution >= 0.6 is 0 Å². The van der Waals surface area contributed by atoms with Crippen LogP contribution in [0, 0.1) is 10.1 Å². The number of phenolic OH excluding ortho intramolecular Hbond substituents is 1. The van der Waals surface area contributed by atoms with Gasteiger partial charge >= 0.3 is 5.69 Å². The maximum atomic E-state index is 11.1. The number of hydrogen-bond acceptors (Lipinski definition) is 4. The summed E-state index contributed by atoms with van der Waals surface area (Å²) in [7, 11) is 0. The van der Waals surface area contributed by atoms with Crippen molar-refractivity contribution >= 4 is 17.7 Å². The van der Waals surface area contributed by atoms with Gasteiger partial charge in [0.25, 0.3) is 0 Å². The normalized spacial score (nSPS) is 10.8. The number of carbonyl (C=O) groups is 1. The maximum Gasteiger partial charge on any atom is 0.314 e. The lowest BCUT2D eigenvalue weighted by Crippen LogP contribution is -2.06. The second kappa shape index (κ2) is 5.99. The summed E-state index contributed by atoms with van der Waals surface area (Å²) < 4.78 is 0. The van der Waals surface area contributed by atoms with Gasteiger partial charge in [-0.1, -0.05) is 13.8 Å². The number of nitro groups is 1. The van der Waals surface area contributed by atoms with E-state index in [2.05, 4.69) is 0 Å². The molecule has 3 N–H and O–H groups in total. The summed E-state index contributed by atoms with van der Waals surface area (Å²) in [5.74, 6) is -0.934. The topological polar surface area (TPSA) is 106 Å². The fourth-order valence-corrected chi connectivity index (χ4v) is 1.93. The molecule has 0 spiro atoms. The smallest absolute Gasteiger partial charge is 0.314 e. The van der Waals surface area contributed by atoms with Gasteiger partial charge in [-0.05, 0) is 30.5 Å². The van der Waals surface area contributed by atoms with Gasteiger partial charge in [-0.15, -0.1) is 0 Å². The first-order chi connectivity index (χ1) is 8.92. The molecular formula is C13H16N2O4. The van der Waals surface area contributed by atoms with Gasteiger partial charge in [0.2, 0.25) is 5.91 Å². The van der Waals surface area contributed by atoms with Gasteiger partial charge in [-0.2, -0.15) is 0 Å². The number of nitrogens with zero attached hydrogens (tertiary/aromatic N) is 1. The van der Waals surface area contributed by atoms with Crippen molar-refractivity contribution in [2.45, 2.75) is 26.7 Å². The molecule has 6 heteroatoms. The molecule has 1 aromatic rings. The lowest BCUT2D eigenvalue weighted by atomic mass is 9.97. The molecule has 19 heavy (non-hydrogen) atoms. The maximum absolute atomic E-state index is 11.1. The Balaban J connectivity index is 3.58. The number of aromatic hydroxyl groups is 1. The Labute approximate surface area is 110 Å². The third-order valence-electron chi connectivity index (χ3n) is 2.84. The van der Waals surface area contributed by atoms with E-state index in [0.717, 1.165) is 6.08 Å². The van der Waals surface area contributed by atoms with E-state index >= 15 is 0 Å². The number of amides is 1. The molecule has 0 aliphatic carbocycles. The number of phenols is 1. The van der Waals surface area contributed by atoms with E-state index in [9.17, 15) is 20.0 Å². The highest BCUT2D eigenvalue weighted by atomic mass is 16.6. The zero-order valence-corrected chi connectivity index (χ0v) is 10.8. The molecule has 0 atom stereocenters. The predicted octanol–water partition coefficient (Wildman–Crippen LogP) is 1.92. The molecule has 0 saturated heterocycles. The number of benzene rings is 1. The number of primary amides is 1. The lowest BCUT2D eigenvalue weighted by molar-refractivity contribution is -0.386. The Hall–Kier alpha value is -2.37. The van der Waals surface area contributed by atoms with Gasteiger partial charge in [0.05, 0.1) is 4.92 Å². The zero-order valence-electron chi connectivity index (χ0n) is 10.8. The Morgan fingerprint density at radius 3 is 2.53 bits per heavy atom. The van der Waals surface area contributed by atoms with Crippen LogP contribution in [-0.4, -0.2) is 15.9 Å². The molecule has 102 valence electrons. The predicted molar refractivity (Wildman–Crippen MR) is 71.7 cm³/mol. The Kier molecular flexibility index (Phi) is 4.63. The second-order valence-corrected chi connectivity index (χ2v) is 4.00. The van der Waals surface area contributed by atoms with Gasteiger partial charge < -0.3 is 10.8 Å². The molecule has 6 nitrogen and oxygen atoms in total. The molecule has 0 aliphatic heterocycles. The molecule has 0 unspecified atom stereocenters. The minimum atomic E-state index is -0.629.